The number of anilines is 2. The third kappa shape index (κ3) is 6.18. The summed E-state index contributed by atoms with van der Waals surface area (Å²) >= 11 is 6.53. The molecule has 0 radical (unpaired) electrons. The number of nitrogens with one attached hydrogen (secondary N) is 1. The van der Waals surface area contributed by atoms with Crippen LogP contribution in [0.3, 0.4) is 0 Å². The zero-order valence-corrected chi connectivity index (χ0v) is 26.0. The van der Waals surface area contributed by atoms with Gasteiger partial charge in [0.1, 0.15) is 30.3 Å². The van der Waals surface area contributed by atoms with E-state index in [1.165, 1.54) is 22.8 Å². The first-order chi connectivity index (χ1) is 20.5. The van der Waals surface area contributed by atoms with Crippen LogP contribution in [0.4, 0.5) is 15.9 Å². The second kappa shape index (κ2) is 12.5. The zero-order valence-electron chi connectivity index (χ0n) is 24.4. The molecular weight excluding hydrogens is 591 g/mol. The van der Waals surface area contributed by atoms with E-state index in [2.05, 4.69) is 15.3 Å². The van der Waals surface area contributed by atoms with Crippen molar-refractivity contribution in [3.63, 3.8) is 0 Å². The standard InChI is InChI=1S/C32H34ClFN4O4S/c1-5-38(43(39,40)21(2)3)22(4)32(14-7-15-42-32)24-10-12-29-27(17-24)31(36-20-35-29)37-26-11-13-30(28(33)18-26)41-19-23-8-6-9-25(34)16-23/h6-13,15-18,20-22H,5,14,19H2,1-4H3,(H,35,36,37). The van der Waals surface area contributed by atoms with E-state index in [0.717, 1.165) is 10.9 Å². The average Bonchev–Trinajstić information content (AvgIpc) is 3.48. The molecule has 0 aliphatic carbocycles. The van der Waals surface area contributed by atoms with E-state index >= 15 is 0 Å². The maximum absolute atomic E-state index is 13.5. The largest absolute Gasteiger partial charge is 0.488 e. The second-order valence-electron chi connectivity index (χ2n) is 10.7. The van der Waals surface area contributed by atoms with Crippen LogP contribution < -0.4 is 10.1 Å². The Morgan fingerprint density at radius 1 is 1.12 bits per heavy atom. The minimum absolute atomic E-state index is 0.175. The van der Waals surface area contributed by atoms with E-state index in [4.69, 9.17) is 21.1 Å². The average molecular weight is 625 g/mol. The lowest BCUT2D eigenvalue weighted by Gasteiger charge is -2.41. The first kappa shape index (κ1) is 30.7. The van der Waals surface area contributed by atoms with Crippen LogP contribution in [0.15, 0.2) is 79.3 Å². The van der Waals surface area contributed by atoms with E-state index in [-0.39, 0.29) is 12.4 Å². The van der Waals surface area contributed by atoms with E-state index in [1.54, 1.807) is 44.4 Å². The van der Waals surface area contributed by atoms with Gasteiger partial charge in [0, 0.05) is 24.0 Å². The number of ether oxygens (including phenoxy) is 2. The second-order valence-corrected chi connectivity index (χ2v) is 13.5. The van der Waals surface area contributed by atoms with Crippen LogP contribution in [-0.2, 0) is 27.0 Å². The number of halogens is 2. The van der Waals surface area contributed by atoms with Gasteiger partial charge in [-0.3, -0.25) is 0 Å². The molecule has 0 amide bonds. The van der Waals surface area contributed by atoms with Crippen LogP contribution in [0.2, 0.25) is 5.02 Å². The summed E-state index contributed by atoms with van der Waals surface area (Å²) in [5.41, 5.74) is 1.96. The van der Waals surface area contributed by atoms with Crippen LogP contribution >= 0.6 is 11.6 Å². The normalized spacial score (nSPS) is 17.4. The van der Waals surface area contributed by atoms with Crippen molar-refractivity contribution in [2.45, 2.75) is 57.6 Å². The lowest BCUT2D eigenvalue weighted by atomic mass is 9.84. The number of nitrogens with zero attached hydrogens (tertiary/aromatic N) is 3. The summed E-state index contributed by atoms with van der Waals surface area (Å²) in [6.45, 7) is 7.60. The predicted molar refractivity (Wildman–Crippen MR) is 167 cm³/mol. The Hall–Kier alpha value is -3.73. The van der Waals surface area contributed by atoms with Crippen molar-refractivity contribution < 1.29 is 22.3 Å². The molecular formula is C32H34ClFN4O4S. The smallest absolute Gasteiger partial charge is 0.216 e. The molecule has 2 unspecified atom stereocenters. The number of fused-ring (bicyclic) bond motifs is 1. The molecule has 0 fully saturated rings. The van der Waals surface area contributed by atoms with Crippen LogP contribution in [0.5, 0.6) is 5.75 Å². The molecule has 3 aromatic carbocycles. The van der Waals surface area contributed by atoms with Gasteiger partial charge in [-0.05, 0) is 80.4 Å². The van der Waals surface area contributed by atoms with Gasteiger partial charge in [0.25, 0.3) is 0 Å². The molecule has 226 valence electrons. The van der Waals surface area contributed by atoms with Gasteiger partial charge in [-0.2, -0.15) is 4.31 Å². The summed E-state index contributed by atoms with van der Waals surface area (Å²) in [6, 6.07) is 16.8. The third-order valence-corrected chi connectivity index (χ3v) is 10.5. The number of benzene rings is 3. The Labute approximate surface area is 256 Å². The Balaban J connectivity index is 1.44. The number of aromatic nitrogens is 2. The Morgan fingerprint density at radius 2 is 1.93 bits per heavy atom. The number of hydrogen-bond donors (Lipinski definition) is 1. The van der Waals surface area contributed by atoms with Gasteiger partial charge in [-0.15, -0.1) is 0 Å². The summed E-state index contributed by atoms with van der Waals surface area (Å²) in [6.07, 6.45) is 5.53. The van der Waals surface area contributed by atoms with E-state index < -0.39 is 26.9 Å². The van der Waals surface area contributed by atoms with Crippen LogP contribution in [-0.4, -0.2) is 40.5 Å². The molecule has 2 atom stereocenters. The predicted octanol–water partition coefficient (Wildman–Crippen LogP) is 7.32. The van der Waals surface area contributed by atoms with Gasteiger partial charge in [0.15, 0.2) is 5.60 Å². The van der Waals surface area contributed by atoms with Crippen LogP contribution in [0.1, 0.15) is 45.2 Å². The lowest BCUT2D eigenvalue weighted by molar-refractivity contribution is -0.0154. The Bertz CT molecular complexity index is 1760. The first-order valence-corrected chi connectivity index (χ1v) is 16.0. The van der Waals surface area contributed by atoms with Gasteiger partial charge in [-0.25, -0.2) is 22.8 Å². The fourth-order valence-electron chi connectivity index (χ4n) is 5.35. The maximum atomic E-state index is 13.5. The summed E-state index contributed by atoms with van der Waals surface area (Å²) < 4.78 is 53.6. The van der Waals surface area contributed by atoms with Crippen molar-refractivity contribution in [3.8, 4) is 5.75 Å². The SMILES string of the molecule is CCN(C(C)C1(c2ccc3ncnc(Nc4ccc(OCc5cccc(F)c5)c(Cl)c4)c3c2)CC=CO1)S(=O)(=O)C(C)C. The van der Waals surface area contributed by atoms with E-state index in [9.17, 15) is 12.8 Å². The van der Waals surface area contributed by atoms with Crippen molar-refractivity contribution >= 4 is 44.0 Å². The highest BCUT2D eigenvalue weighted by molar-refractivity contribution is 7.89. The molecule has 0 spiro atoms. The summed E-state index contributed by atoms with van der Waals surface area (Å²) in [7, 11) is -3.54. The summed E-state index contributed by atoms with van der Waals surface area (Å²) in [5, 5.41) is 3.88. The van der Waals surface area contributed by atoms with E-state index in [1.807, 2.05) is 44.2 Å². The highest BCUT2D eigenvalue weighted by Gasteiger charge is 2.47. The molecule has 11 heteroatoms. The number of likely N-dealkylation sites (N-methyl/N-ethyl adjacent to an activating group) is 1. The number of rotatable bonds is 11. The van der Waals surface area contributed by atoms with Crippen LogP contribution in [0, 0.1) is 5.82 Å². The minimum atomic E-state index is -3.54. The molecule has 1 aromatic heterocycles. The highest BCUT2D eigenvalue weighted by atomic mass is 35.5. The molecule has 2 heterocycles. The Morgan fingerprint density at radius 3 is 2.60 bits per heavy atom. The van der Waals surface area contributed by atoms with Crippen molar-refractivity contribution in [3.05, 3.63) is 101 Å². The van der Waals surface area contributed by atoms with Gasteiger partial charge < -0.3 is 14.8 Å². The van der Waals surface area contributed by atoms with E-state index in [0.29, 0.717) is 46.3 Å². The quantitative estimate of drug-likeness (QED) is 0.187. The summed E-state index contributed by atoms with van der Waals surface area (Å²) in [5.74, 6) is 0.684. The van der Waals surface area contributed by atoms with Crippen molar-refractivity contribution in [2.24, 2.45) is 0 Å². The Kier molecular flexibility index (Phi) is 8.91. The fraction of sp³-hybridized carbons (Fsp3) is 0.312. The molecule has 0 saturated carbocycles. The van der Waals surface area contributed by atoms with Crippen molar-refractivity contribution in [2.75, 3.05) is 11.9 Å². The number of hydrogen-bond acceptors (Lipinski definition) is 7. The number of sulfonamides is 1. The molecule has 1 N–H and O–H groups in total. The summed E-state index contributed by atoms with van der Waals surface area (Å²) in [4.78, 5) is 8.93. The van der Waals surface area contributed by atoms with Crippen molar-refractivity contribution in [1.82, 2.24) is 14.3 Å². The maximum Gasteiger partial charge on any atom is 0.216 e. The highest BCUT2D eigenvalue weighted by Crippen LogP contribution is 2.42. The molecule has 0 bridgehead atoms. The van der Waals surface area contributed by atoms with Gasteiger partial charge in [0.05, 0.1) is 28.1 Å². The first-order valence-electron chi connectivity index (χ1n) is 14.1. The molecule has 43 heavy (non-hydrogen) atoms. The monoisotopic (exact) mass is 624 g/mol. The molecule has 0 saturated heterocycles. The van der Waals surface area contributed by atoms with Gasteiger partial charge in [-0.1, -0.05) is 36.7 Å². The topological polar surface area (TPSA) is 93.7 Å². The molecule has 5 rings (SSSR count). The minimum Gasteiger partial charge on any atom is -0.488 e. The molecule has 8 nitrogen and oxygen atoms in total. The molecule has 1 aliphatic heterocycles. The lowest BCUT2D eigenvalue weighted by Crippen LogP contribution is -2.52. The fourth-order valence-corrected chi connectivity index (χ4v) is 7.10. The van der Waals surface area contributed by atoms with Gasteiger partial charge >= 0.3 is 0 Å². The van der Waals surface area contributed by atoms with Crippen LogP contribution in [0.25, 0.3) is 10.9 Å². The third-order valence-electron chi connectivity index (χ3n) is 7.74. The molecule has 1 aliphatic rings. The molecule has 4 aromatic rings. The zero-order chi connectivity index (χ0) is 30.8. The van der Waals surface area contributed by atoms with Crippen molar-refractivity contribution in [1.29, 1.82) is 0 Å². The van der Waals surface area contributed by atoms with Gasteiger partial charge in [0.2, 0.25) is 10.0 Å².